The lowest BCUT2D eigenvalue weighted by Gasteiger charge is -2.44. The van der Waals surface area contributed by atoms with Gasteiger partial charge in [-0.05, 0) is 49.5 Å². The fourth-order valence-electron chi connectivity index (χ4n) is 5.01. The lowest BCUT2D eigenvalue weighted by atomic mass is 9.89. The molecule has 4 rings (SSSR count). The molecule has 1 heterocycles. The highest BCUT2D eigenvalue weighted by atomic mass is 16.5. The zero-order chi connectivity index (χ0) is 25.2. The Balaban J connectivity index is 1.57. The Kier molecular flexibility index (Phi) is 9.62. The van der Waals surface area contributed by atoms with Gasteiger partial charge in [-0.3, -0.25) is 9.69 Å². The van der Waals surface area contributed by atoms with Gasteiger partial charge >= 0.3 is 0 Å². The number of ether oxygens (including phenoxy) is 2. The van der Waals surface area contributed by atoms with E-state index in [2.05, 4.69) is 66.4 Å². The first kappa shape index (κ1) is 26.0. The lowest BCUT2D eigenvalue weighted by molar-refractivity contribution is -0.112. The molecule has 188 valence electrons. The highest BCUT2D eigenvalue weighted by molar-refractivity contribution is 5.88. The van der Waals surface area contributed by atoms with Gasteiger partial charge in [0.25, 0.3) is 0 Å². The SMILES string of the molecule is CC(=O)/C=C1\CCN([C@@H](C)c2ccccc2)[C@H]([C@@H](COCc2ccccc2)OCc2ccccc2)C1. The molecule has 0 aliphatic carbocycles. The number of carbonyl (C=O) groups is 1. The smallest absolute Gasteiger partial charge is 0.152 e. The summed E-state index contributed by atoms with van der Waals surface area (Å²) in [4.78, 5) is 14.5. The molecule has 0 aromatic heterocycles. The molecule has 3 aromatic rings. The Labute approximate surface area is 215 Å². The van der Waals surface area contributed by atoms with Crippen LogP contribution in [0.4, 0.5) is 0 Å². The molecule has 3 atom stereocenters. The van der Waals surface area contributed by atoms with E-state index in [4.69, 9.17) is 9.47 Å². The van der Waals surface area contributed by atoms with Crippen molar-refractivity contribution in [3.05, 3.63) is 119 Å². The van der Waals surface area contributed by atoms with E-state index in [-0.39, 0.29) is 24.0 Å². The Morgan fingerprint density at radius 1 is 0.917 bits per heavy atom. The average molecular weight is 484 g/mol. The molecule has 0 bridgehead atoms. The van der Waals surface area contributed by atoms with Crippen LogP contribution in [0.25, 0.3) is 0 Å². The standard InChI is InChI=1S/C32H37NO3/c1-25(34)20-29-18-19-33(26(2)30-16-10-5-11-17-30)31(21-29)32(36-23-28-14-8-4-9-15-28)24-35-22-27-12-6-3-7-13-27/h3-17,20,26,31-32H,18-19,21-24H2,1-2H3/b29-20+/t26-,31-,32+/m0/s1. The first-order valence-electron chi connectivity index (χ1n) is 12.9. The van der Waals surface area contributed by atoms with E-state index in [1.807, 2.05) is 42.5 Å². The van der Waals surface area contributed by atoms with Crippen LogP contribution >= 0.6 is 0 Å². The fourth-order valence-corrected chi connectivity index (χ4v) is 5.01. The number of nitrogens with zero attached hydrogens (tertiary/aromatic N) is 1. The number of benzene rings is 3. The summed E-state index contributed by atoms with van der Waals surface area (Å²) >= 11 is 0. The Hall–Kier alpha value is -3.05. The summed E-state index contributed by atoms with van der Waals surface area (Å²) in [5.74, 6) is 0.107. The second-order valence-electron chi connectivity index (χ2n) is 9.59. The molecule has 0 saturated carbocycles. The predicted octanol–water partition coefficient (Wildman–Crippen LogP) is 6.53. The van der Waals surface area contributed by atoms with Gasteiger partial charge in [0.2, 0.25) is 0 Å². The normalized spacial score (nSPS) is 19.2. The van der Waals surface area contributed by atoms with Gasteiger partial charge in [-0.2, -0.15) is 0 Å². The maximum atomic E-state index is 11.9. The number of allylic oxidation sites excluding steroid dienone is 1. The summed E-state index contributed by atoms with van der Waals surface area (Å²) in [7, 11) is 0. The topological polar surface area (TPSA) is 38.8 Å². The third-order valence-corrected chi connectivity index (χ3v) is 6.90. The summed E-state index contributed by atoms with van der Waals surface area (Å²) < 4.78 is 12.8. The van der Waals surface area contributed by atoms with Crippen LogP contribution < -0.4 is 0 Å². The number of ketones is 1. The van der Waals surface area contributed by atoms with E-state index >= 15 is 0 Å². The first-order chi connectivity index (χ1) is 17.6. The molecular weight excluding hydrogens is 446 g/mol. The quantitative estimate of drug-likeness (QED) is 0.291. The highest BCUT2D eigenvalue weighted by Crippen LogP contribution is 2.33. The van der Waals surface area contributed by atoms with E-state index in [1.165, 1.54) is 11.1 Å². The molecule has 4 nitrogen and oxygen atoms in total. The number of hydrogen-bond donors (Lipinski definition) is 0. The molecular formula is C32H37NO3. The summed E-state index contributed by atoms with van der Waals surface area (Å²) in [6.45, 7) is 6.33. The average Bonchev–Trinajstić information content (AvgIpc) is 2.91. The molecule has 4 heteroatoms. The largest absolute Gasteiger partial charge is 0.374 e. The minimum absolute atomic E-state index is 0.0963. The van der Waals surface area contributed by atoms with Crippen molar-refractivity contribution < 1.29 is 14.3 Å². The summed E-state index contributed by atoms with van der Waals surface area (Å²) in [6.07, 6.45) is 3.36. The molecule has 1 fully saturated rings. The molecule has 1 aliphatic heterocycles. The van der Waals surface area contributed by atoms with Crippen LogP contribution in [0, 0.1) is 0 Å². The lowest BCUT2D eigenvalue weighted by Crippen LogP contribution is -2.50. The fraction of sp³-hybridized carbons (Fsp3) is 0.344. The van der Waals surface area contributed by atoms with Gasteiger partial charge in [0.05, 0.1) is 25.9 Å². The molecule has 1 saturated heterocycles. The van der Waals surface area contributed by atoms with Crippen molar-refractivity contribution in [3.8, 4) is 0 Å². The molecule has 0 radical (unpaired) electrons. The number of likely N-dealkylation sites (tertiary alicyclic amines) is 1. The zero-order valence-corrected chi connectivity index (χ0v) is 21.4. The van der Waals surface area contributed by atoms with Gasteiger partial charge < -0.3 is 9.47 Å². The first-order valence-corrected chi connectivity index (χ1v) is 12.9. The molecule has 1 aliphatic rings. The van der Waals surface area contributed by atoms with Crippen molar-refractivity contribution in [2.45, 2.75) is 58.1 Å². The third kappa shape index (κ3) is 7.47. The second kappa shape index (κ2) is 13.3. The van der Waals surface area contributed by atoms with Gasteiger partial charge in [-0.15, -0.1) is 0 Å². The predicted molar refractivity (Wildman–Crippen MR) is 144 cm³/mol. The van der Waals surface area contributed by atoms with Crippen LogP contribution in [0.3, 0.4) is 0 Å². The number of piperidine rings is 1. The zero-order valence-electron chi connectivity index (χ0n) is 21.4. The van der Waals surface area contributed by atoms with Crippen molar-refractivity contribution in [1.29, 1.82) is 0 Å². The van der Waals surface area contributed by atoms with Crippen LogP contribution in [-0.2, 0) is 27.5 Å². The van der Waals surface area contributed by atoms with Crippen LogP contribution in [-0.4, -0.2) is 36.0 Å². The van der Waals surface area contributed by atoms with Crippen LogP contribution in [0.15, 0.2) is 103 Å². The Morgan fingerprint density at radius 2 is 1.50 bits per heavy atom. The Morgan fingerprint density at radius 3 is 2.11 bits per heavy atom. The van der Waals surface area contributed by atoms with Crippen molar-refractivity contribution in [3.63, 3.8) is 0 Å². The van der Waals surface area contributed by atoms with Gasteiger partial charge in [0, 0.05) is 18.6 Å². The maximum absolute atomic E-state index is 11.9. The molecule has 0 amide bonds. The summed E-state index contributed by atoms with van der Waals surface area (Å²) in [5.41, 5.74) is 4.77. The van der Waals surface area contributed by atoms with Crippen LogP contribution in [0.2, 0.25) is 0 Å². The number of carbonyl (C=O) groups excluding carboxylic acids is 1. The summed E-state index contributed by atoms with van der Waals surface area (Å²) in [5, 5.41) is 0. The van der Waals surface area contributed by atoms with Gasteiger partial charge in [0.15, 0.2) is 5.78 Å². The number of hydrogen-bond acceptors (Lipinski definition) is 4. The third-order valence-electron chi connectivity index (χ3n) is 6.90. The second-order valence-corrected chi connectivity index (χ2v) is 9.59. The maximum Gasteiger partial charge on any atom is 0.152 e. The van der Waals surface area contributed by atoms with E-state index in [0.717, 1.165) is 30.5 Å². The van der Waals surface area contributed by atoms with Gasteiger partial charge in [-0.1, -0.05) is 96.6 Å². The van der Waals surface area contributed by atoms with Crippen molar-refractivity contribution in [2.24, 2.45) is 0 Å². The minimum atomic E-state index is -0.143. The van der Waals surface area contributed by atoms with E-state index < -0.39 is 0 Å². The molecule has 3 aromatic carbocycles. The van der Waals surface area contributed by atoms with E-state index in [9.17, 15) is 4.79 Å². The van der Waals surface area contributed by atoms with Crippen molar-refractivity contribution in [1.82, 2.24) is 4.90 Å². The van der Waals surface area contributed by atoms with Crippen LogP contribution in [0.5, 0.6) is 0 Å². The minimum Gasteiger partial charge on any atom is -0.374 e. The van der Waals surface area contributed by atoms with Crippen molar-refractivity contribution in [2.75, 3.05) is 13.2 Å². The van der Waals surface area contributed by atoms with Crippen molar-refractivity contribution >= 4 is 5.78 Å². The van der Waals surface area contributed by atoms with Gasteiger partial charge in [0.1, 0.15) is 0 Å². The summed E-state index contributed by atoms with van der Waals surface area (Å²) in [6, 6.07) is 31.5. The van der Waals surface area contributed by atoms with Crippen LogP contribution in [0.1, 0.15) is 49.4 Å². The monoisotopic (exact) mass is 483 g/mol. The highest BCUT2D eigenvalue weighted by Gasteiger charge is 2.35. The van der Waals surface area contributed by atoms with E-state index in [0.29, 0.717) is 19.8 Å². The Bertz CT molecular complexity index is 1100. The van der Waals surface area contributed by atoms with E-state index in [1.54, 1.807) is 6.92 Å². The molecule has 0 spiro atoms. The molecule has 36 heavy (non-hydrogen) atoms. The van der Waals surface area contributed by atoms with Gasteiger partial charge in [-0.25, -0.2) is 0 Å². The number of rotatable bonds is 11. The molecule has 0 unspecified atom stereocenters. The molecule has 0 N–H and O–H groups in total.